The van der Waals surface area contributed by atoms with Crippen molar-refractivity contribution < 1.29 is 73.0 Å². The number of nitrogens with zero attached hydrogens (tertiary/aromatic N) is 10. The number of carbonyl (C=O) groups excluding carboxylic acids is 8. The SMILES string of the molecule is C.C#CC1=CN=C([C@@H]2CCCN2C(=O)[C@@H](NC(=O)OC)C(C)C)C1.CC(C)(C)OC(=O)N1CCC[C@H]1c1ncc(C2=CC3SC(Br)=CC3S2)[nH]1.CC(C)[C@H](C)C(=O)N1CCC[C@H]1c1ncc(C2=CC3SC(Br)=CC3S2)[nH]1.COC(=O)N[C@H](C(=O)N1CCC[C@H]1C1=NC=C(C#CC2=CC3SC(c4cnc([C@@H]5CCCN5C(=O)[C@@H](C)C(C)C)[nH]4)=CC3S2)C1)C(C)C.COC(=O)N[C@H](C(=O)O)C(C)C.[2H]CF. The Kier molecular flexibility index (Phi) is 40.5. The maximum Gasteiger partial charge on any atom is 0.410 e. The van der Waals surface area contributed by atoms with Gasteiger partial charge in [0.2, 0.25) is 23.6 Å². The van der Waals surface area contributed by atoms with E-state index in [1.165, 1.54) is 43.7 Å². The van der Waals surface area contributed by atoms with Crippen molar-refractivity contribution in [3.8, 4) is 24.2 Å². The van der Waals surface area contributed by atoms with Crippen LogP contribution in [0.1, 0.15) is 242 Å². The zero-order valence-corrected chi connectivity index (χ0v) is 89.2. The molecule has 0 aliphatic carbocycles. The second kappa shape index (κ2) is 50.9. The number of aromatic amines is 3. The summed E-state index contributed by atoms with van der Waals surface area (Å²) in [5, 5.41) is 18.8. The number of thioether (sulfide) groups is 6. The van der Waals surface area contributed by atoms with Crippen molar-refractivity contribution >= 4 is 183 Å². The second-order valence-electron chi connectivity index (χ2n) is 38.0. The summed E-state index contributed by atoms with van der Waals surface area (Å²) in [6.45, 7) is 32.9. The molecule has 7 N–H and O–H groups in total. The number of carboxylic acid groups (broad SMARTS) is 1. The Hall–Kier alpha value is -8.57. The van der Waals surface area contributed by atoms with Gasteiger partial charge >= 0.3 is 30.3 Å². The van der Waals surface area contributed by atoms with Gasteiger partial charge in [-0.25, -0.2) is 38.9 Å². The highest BCUT2D eigenvalue weighted by atomic mass is 79.9. The number of allylic oxidation sites excluding steroid dienone is 3. The Morgan fingerprint density at radius 2 is 0.804 bits per heavy atom. The molecule has 752 valence electrons. The number of methoxy groups -OCH3 is 3. The first kappa shape index (κ1) is 110. The van der Waals surface area contributed by atoms with E-state index in [1.807, 2.05) is 166 Å². The van der Waals surface area contributed by atoms with Crippen LogP contribution in [0.15, 0.2) is 101 Å². The Balaban J connectivity index is 0.000000189. The van der Waals surface area contributed by atoms with Crippen LogP contribution in [0, 0.1) is 65.6 Å². The highest BCUT2D eigenvalue weighted by Gasteiger charge is 2.45. The van der Waals surface area contributed by atoms with Crippen molar-refractivity contribution in [2.24, 2.45) is 51.4 Å². The lowest BCUT2D eigenvalue weighted by Crippen LogP contribution is -2.53. The van der Waals surface area contributed by atoms with Gasteiger partial charge in [-0.3, -0.25) is 38.5 Å². The quantitative estimate of drug-likeness (QED) is 0.0385. The number of nitrogens with one attached hydrogen (secondary N) is 6. The van der Waals surface area contributed by atoms with Gasteiger partial charge in [-0.05, 0) is 165 Å². The van der Waals surface area contributed by atoms with Crippen LogP contribution in [0.3, 0.4) is 0 Å². The van der Waals surface area contributed by atoms with E-state index >= 15 is 0 Å². The first-order chi connectivity index (χ1) is 65.6. The highest BCUT2D eigenvalue weighted by molar-refractivity contribution is 9.14. The molecule has 16 rings (SSSR count). The largest absolute Gasteiger partial charge is 0.480 e. The number of H-pyrrole nitrogens is 3. The molecule has 16 atom stereocenters. The normalized spacial score (nSPS) is 24.7. The molecule has 13 aliphatic rings. The number of rotatable bonds is 21. The van der Waals surface area contributed by atoms with E-state index in [4.69, 9.17) is 32.4 Å². The maximum absolute atomic E-state index is 13.5. The number of aliphatic carboxylic acids is 1. The van der Waals surface area contributed by atoms with Gasteiger partial charge < -0.3 is 74.6 Å². The summed E-state index contributed by atoms with van der Waals surface area (Å²) in [5.41, 5.74) is 6.34. The Bertz CT molecular complexity index is 5370. The van der Waals surface area contributed by atoms with Crippen LogP contribution in [0.4, 0.5) is 23.6 Å². The lowest BCUT2D eigenvalue weighted by molar-refractivity contribution is -0.140. The number of hydrogen-bond acceptors (Lipinski definition) is 24. The molecular formula is C99H135Br2FN16O14S6. The van der Waals surface area contributed by atoms with Crippen molar-refractivity contribution in [1.82, 2.24) is 70.4 Å². The molecule has 0 aromatic carbocycles. The number of ether oxygens (including phenoxy) is 4. The molecule has 30 nitrogen and oxygen atoms in total. The Morgan fingerprint density at radius 3 is 1.14 bits per heavy atom. The van der Waals surface area contributed by atoms with Crippen molar-refractivity contribution in [2.75, 3.05) is 61.2 Å². The van der Waals surface area contributed by atoms with Gasteiger partial charge in [0.05, 0.1) is 101 Å². The van der Waals surface area contributed by atoms with Crippen LogP contribution < -0.4 is 16.0 Å². The number of halogens is 3. The molecule has 5 fully saturated rings. The van der Waals surface area contributed by atoms with E-state index in [0.29, 0.717) is 75.8 Å². The average Bonchev–Trinajstić information content (AvgIpc) is 1.64. The number of aliphatic imine (C=N–C) groups is 2. The fourth-order valence-electron chi connectivity index (χ4n) is 17.7. The summed E-state index contributed by atoms with van der Waals surface area (Å²) in [6.07, 6.45) is 36.9. The minimum Gasteiger partial charge on any atom is -0.480 e. The van der Waals surface area contributed by atoms with Crippen LogP contribution in [0.25, 0.3) is 14.7 Å². The standard InChI is InChI=1S/C36H46N6O4S2.C19H24BrN3OS2.C18H22BrN3O2S2.C17H23N3O3.C7H13NO4.CH3F.CH4/c1-20(2)22(5)34(43)42-14-8-10-28(42)33-38-19-26(39-33)29-17-31-30(48-29)16-24(47-31)12-11-23-15-25(37-18-23)27-9-7-13-41(27)35(44)32(21(3)4)40-36(45)46-6;1-10(2)11(3)19(24)23-6-4-5-13(23)18-21-9-12(22-18)14-7-15-16(25-14)8-17(20)26-15;1-18(2,3)24-17(23)22-6-4-5-11(22)16-20-9-10(21-16)12-7-13-14(25-12)8-15(19)26-13;1-5-12-9-13(18-10-12)14-7-6-8-20(14)16(21)15(11(2)3)19-17(22)23-4;1-4(2)5(6(9)10)8-7(11)12-3;1-2;/h16-22,27-28,30-32H,7-10,13-15H2,1-6H3,(H,38,39)(H,40,45);7-11,13,15-16H,4-6H2,1-3H3,(H,21,22);7-9,11,13-14H,4-6H2,1-3H3,(H,20,21);1,10-11,14-15H,6-9H2,2-4H3,(H,19,22);4-5H,1-3H3,(H,8,11)(H,9,10);1H3;1H4/t22-,27-,28-,30?,31?,32-;11-,13-,15?,16?;11-,13?,14?;14-,15-;5-;;/m00000../s1/i;;;;;1D;. The number of hydrogen-bond donors (Lipinski definition) is 7. The molecule has 0 bridgehead atoms. The van der Waals surface area contributed by atoms with Crippen LogP contribution in [-0.2, 0) is 42.9 Å². The van der Waals surface area contributed by atoms with E-state index in [2.05, 4.69) is 169 Å². The average molecular weight is 2150 g/mol. The van der Waals surface area contributed by atoms with Crippen LogP contribution in [-0.4, -0.2) is 253 Å². The lowest BCUT2D eigenvalue weighted by atomic mass is 9.96. The third kappa shape index (κ3) is 28.3. The molecule has 13 aliphatic heterocycles. The first-order valence-corrected chi connectivity index (χ1v) is 53.6. The number of carboxylic acids is 1. The van der Waals surface area contributed by atoms with E-state index in [1.54, 1.807) is 36.7 Å². The zero-order valence-electron chi connectivity index (χ0n) is 82.1. The summed E-state index contributed by atoms with van der Waals surface area (Å²) in [6, 6.07) is -2.19. The van der Waals surface area contributed by atoms with Gasteiger partial charge in [0.15, 0.2) is 0 Å². The number of fused-ring (bicyclic) bond motifs is 3. The van der Waals surface area contributed by atoms with Crippen LogP contribution in [0.2, 0.25) is 0 Å². The van der Waals surface area contributed by atoms with Gasteiger partial charge in [0.25, 0.3) is 0 Å². The maximum atomic E-state index is 13.5. The van der Waals surface area contributed by atoms with Crippen molar-refractivity contribution in [2.45, 2.75) is 274 Å². The van der Waals surface area contributed by atoms with Gasteiger partial charge in [0, 0.05) is 146 Å². The molecule has 0 radical (unpaired) electrons. The highest BCUT2D eigenvalue weighted by Crippen LogP contribution is 2.55. The first-order valence-electron chi connectivity index (χ1n) is 47.5. The fourth-order valence-corrected chi connectivity index (χ4v) is 27.7. The second-order valence-corrected chi connectivity index (χ2v) is 48.0. The number of alkyl halides is 1. The van der Waals surface area contributed by atoms with Gasteiger partial charge in [-0.15, -0.1) is 77.0 Å². The van der Waals surface area contributed by atoms with E-state index in [0.717, 1.165) is 139 Å². The molecule has 16 heterocycles. The van der Waals surface area contributed by atoms with E-state index in [9.17, 15) is 47.5 Å². The lowest BCUT2D eigenvalue weighted by Gasteiger charge is -2.31. The van der Waals surface area contributed by atoms with Gasteiger partial charge in [-0.2, -0.15) is 0 Å². The summed E-state index contributed by atoms with van der Waals surface area (Å²) in [4.78, 5) is 157. The monoisotopic (exact) mass is 2140 g/mol. The minimum absolute atomic E-state index is 0. The minimum atomic E-state index is -1.06. The van der Waals surface area contributed by atoms with Crippen molar-refractivity contribution in [3.63, 3.8) is 0 Å². The van der Waals surface area contributed by atoms with Gasteiger partial charge in [0.1, 0.15) is 41.2 Å². The number of aromatic nitrogens is 6. The topological polar surface area (TPSA) is 374 Å². The number of terminal acetylenes is 1. The summed E-state index contributed by atoms with van der Waals surface area (Å²) >= 11 is 18.3. The number of amides is 8. The molecule has 39 heteroatoms. The number of imidazole rings is 3. The summed E-state index contributed by atoms with van der Waals surface area (Å²) in [5.74, 6) is 11.7. The molecule has 5 saturated heterocycles. The molecule has 0 saturated carbocycles. The third-order valence-corrected chi connectivity index (χ3v) is 35.1. The number of alkyl carbamates (subject to hydrolysis) is 3. The number of likely N-dealkylation sites (tertiary alicyclic amines) is 5. The van der Waals surface area contributed by atoms with Gasteiger partial charge in [-0.1, -0.05) is 127 Å². The molecule has 8 amide bonds. The molecule has 0 spiro atoms. The van der Waals surface area contributed by atoms with Crippen LogP contribution >= 0.6 is 102 Å². The molecule has 3 aromatic heterocycles. The predicted octanol–water partition coefficient (Wildman–Crippen LogP) is 19.8. The molecule has 138 heavy (non-hydrogen) atoms. The Labute approximate surface area is 855 Å². The molecule has 6 unspecified atom stereocenters. The van der Waals surface area contributed by atoms with E-state index in [-0.39, 0.29) is 96.9 Å². The number of carbonyl (C=O) groups is 9. The molecular weight excluding hydrogens is 2010 g/mol. The third-order valence-electron chi connectivity index (χ3n) is 25.7. The molecule has 3 aromatic rings. The predicted molar refractivity (Wildman–Crippen MR) is 561 cm³/mol. The fraction of sp³-hybridized carbons (Fsp3) is 0.596. The summed E-state index contributed by atoms with van der Waals surface area (Å²) in [7, 11) is 2.78. The summed E-state index contributed by atoms with van der Waals surface area (Å²) < 4.78 is 37.2. The van der Waals surface area contributed by atoms with Crippen LogP contribution in [0.5, 0.6) is 0 Å². The zero-order chi connectivity index (χ0) is 100. The van der Waals surface area contributed by atoms with E-state index < -0.39 is 55.1 Å². The van der Waals surface area contributed by atoms with Crippen molar-refractivity contribution in [1.29, 1.82) is 0 Å². The Morgan fingerprint density at radius 1 is 0.478 bits per heavy atom. The smallest absolute Gasteiger partial charge is 0.410 e. The van der Waals surface area contributed by atoms with Crippen molar-refractivity contribution in [3.05, 3.63) is 126 Å².